The second kappa shape index (κ2) is 8.31. The quantitative estimate of drug-likeness (QED) is 0.552. The van der Waals surface area contributed by atoms with Crippen molar-refractivity contribution >= 4 is 23.2 Å². The molecule has 156 valence electrons. The predicted octanol–water partition coefficient (Wildman–Crippen LogP) is 3.24. The number of aliphatic imine (C=N–C) groups is 1. The molecule has 1 aromatic heterocycles. The first-order chi connectivity index (χ1) is 13.7. The lowest BCUT2D eigenvalue weighted by atomic mass is 9.73. The van der Waals surface area contributed by atoms with E-state index in [2.05, 4.69) is 10.1 Å². The number of carboxylic acid groups (broad SMARTS) is 1. The molecule has 1 heterocycles. The number of rotatable bonds is 6. The van der Waals surface area contributed by atoms with Gasteiger partial charge in [-0.3, -0.25) is 19.4 Å². The van der Waals surface area contributed by atoms with Gasteiger partial charge in [0.15, 0.2) is 11.6 Å². The average molecular weight is 402 g/mol. The maximum Gasteiger partial charge on any atom is 0.305 e. The minimum atomic E-state index is -0.967. The fraction of sp³-hybridized carbons (Fsp3) is 0.571. The van der Waals surface area contributed by atoms with E-state index in [0.717, 1.165) is 6.42 Å². The van der Waals surface area contributed by atoms with Gasteiger partial charge in [0.05, 0.1) is 23.3 Å². The van der Waals surface area contributed by atoms with Crippen molar-refractivity contribution in [3.8, 4) is 0 Å². The normalized spacial score (nSPS) is 21.9. The molecule has 1 fully saturated rings. The number of carbonyl (C=O) groups excluding carboxylic acids is 2. The number of hydrogen-bond donors (Lipinski definition) is 2. The first kappa shape index (κ1) is 21.0. The molecule has 0 amide bonds. The molecule has 0 atom stereocenters. The number of aryl methyl sites for hydroxylation is 2. The summed E-state index contributed by atoms with van der Waals surface area (Å²) in [6, 6.07) is 0. The maximum absolute atomic E-state index is 12.7. The molecule has 2 aliphatic carbocycles. The van der Waals surface area contributed by atoms with Crippen LogP contribution in [0, 0.1) is 5.41 Å². The van der Waals surface area contributed by atoms with Crippen LogP contribution in [0.25, 0.3) is 0 Å². The fourth-order valence-electron chi connectivity index (χ4n) is 3.95. The Labute approximate surface area is 168 Å². The third kappa shape index (κ3) is 4.81. The number of fused-ring (bicyclic) bond motifs is 1. The largest absolute Gasteiger partial charge is 0.511 e. The maximum atomic E-state index is 12.7. The van der Waals surface area contributed by atoms with Crippen LogP contribution in [0.1, 0.15) is 74.2 Å². The number of hydrogen-bond acceptors (Lipinski definition) is 7. The SMILES string of the molecule is CC1(C)CC(=O)C(=C(O)CCc2noc3c2C(=O)CCC3)C(=NCCC(=O)O)C1. The Kier molecular flexibility index (Phi) is 6.00. The molecule has 0 radical (unpaired) electrons. The highest BCUT2D eigenvalue weighted by atomic mass is 16.5. The lowest BCUT2D eigenvalue weighted by molar-refractivity contribution is -0.136. The first-order valence-electron chi connectivity index (χ1n) is 9.89. The van der Waals surface area contributed by atoms with Crippen LogP contribution < -0.4 is 0 Å². The molecule has 0 bridgehead atoms. The minimum Gasteiger partial charge on any atom is -0.511 e. The summed E-state index contributed by atoms with van der Waals surface area (Å²) in [6.45, 7) is 3.94. The summed E-state index contributed by atoms with van der Waals surface area (Å²) in [5.41, 5.74) is 1.34. The molecular formula is C21H26N2O6. The van der Waals surface area contributed by atoms with Crippen molar-refractivity contribution < 1.29 is 29.1 Å². The Morgan fingerprint density at radius 3 is 2.62 bits per heavy atom. The van der Waals surface area contributed by atoms with Gasteiger partial charge >= 0.3 is 5.97 Å². The molecule has 2 N–H and O–H groups in total. The number of aliphatic hydroxyl groups is 1. The van der Waals surface area contributed by atoms with Crippen molar-refractivity contribution in [1.29, 1.82) is 0 Å². The molecule has 8 nitrogen and oxygen atoms in total. The van der Waals surface area contributed by atoms with Crippen LogP contribution in [0.2, 0.25) is 0 Å². The molecule has 3 rings (SSSR count). The Hall–Kier alpha value is -2.77. The van der Waals surface area contributed by atoms with Crippen LogP contribution in [0.3, 0.4) is 0 Å². The Morgan fingerprint density at radius 2 is 1.90 bits per heavy atom. The van der Waals surface area contributed by atoms with Gasteiger partial charge in [0, 0.05) is 44.4 Å². The summed E-state index contributed by atoms with van der Waals surface area (Å²) in [7, 11) is 0. The zero-order valence-electron chi connectivity index (χ0n) is 16.8. The fourth-order valence-corrected chi connectivity index (χ4v) is 3.95. The lowest BCUT2D eigenvalue weighted by Crippen LogP contribution is -2.33. The third-order valence-electron chi connectivity index (χ3n) is 5.29. The van der Waals surface area contributed by atoms with Gasteiger partial charge in [-0.1, -0.05) is 19.0 Å². The minimum absolute atomic E-state index is 0.000979. The lowest BCUT2D eigenvalue weighted by Gasteiger charge is -2.31. The predicted molar refractivity (Wildman–Crippen MR) is 104 cm³/mol. The van der Waals surface area contributed by atoms with E-state index in [1.54, 1.807) is 0 Å². The standard InChI is InChI=1S/C21H26N2O6/c1-21(2)10-13(22-9-8-18(27)28)19(16(26)11-21)15(25)7-6-12-20-14(24)4-3-5-17(20)29-23-12/h25H,3-11H2,1-2H3,(H,27,28). The van der Waals surface area contributed by atoms with Crippen LogP contribution in [0.5, 0.6) is 0 Å². The Bertz CT molecular complexity index is 906. The number of aromatic nitrogens is 1. The van der Waals surface area contributed by atoms with E-state index in [-0.39, 0.29) is 60.5 Å². The number of Topliss-reactive ketones (excluding diaryl/α,β-unsaturated/α-hetero) is 2. The van der Waals surface area contributed by atoms with Crippen LogP contribution >= 0.6 is 0 Å². The number of aliphatic hydroxyl groups excluding tert-OH is 1. The summed E-state index contributed by atoms with van der Waals surface area (Å²) in [5.74, 6) is -0.674. The van der Waals surface area contributed by atoms with E-state index in [0.29, 0.717) is 42.0 Å². The van der Waals surface area contributed by atoms with Gasteiger partial charge in [0.25, 0.3) is 0 Å². The van der Waals surface area contributed by atoms with Crippen molar-refractivity contribution in [2.24, 2.45) is 10.4 Å². The van der Waals surface area contributed by atoms with Crippen molar-refractivity contribution in [1.82, 2.24) is 5.16 Å². The molecule has 0 saturated heterocycles. The van der Waals surface area contributed by atoms with E-state index in [1.165, 1.54) is 0 Å². The van der Waals surface area contributed by atoms with Gasteiger partial charge in [0.2, 0.25) is 0 Å². The third-order valence-corrected chi connectivity index (χ3v) is 5.29. The molecule has 0 aliphatic heterocycles. The summed E-state index contributed by atoms with van der Waals surface area (Å²) in [6.07, 6.45) is 2.91. The molecule has 1 saturated carbocycles. The number of carboxylic acids is 1. The number of allylic oxidation sites excluding steroid dienone is 2. The second-order valence-electron chi connectivity index (χ2n) is 8.44. The van der Waals surface area contributed by atoms with Gasteiger partial charge in [0.1, 0.15) is 11.5 Å². The molecule has 0 aromatic carbocycles. The zero-order chi connectivity index (χ0) is 21.2. The highest BCUT2D eigenvalue weighted by molar-refractivity contribution is 6.24. The summed E-state index contributed by atoms with van der Waals surface area (Å²) >= 11 is 0. The Morgan fingerprint density at radius 1 is 1.14 bits per heavy atom. The second-order valence-corrected chi connectivity index (χ2v) is 8.44. The van der Waals surface area contributed by atoms with Crippen molar-refractivity contribution in [2.75, 3.05) is 6.54 Å². The molecule has 0 unspecified atom stereocenters. The molecule has 29 heavy (non-hydrogen) atoms. The van der Waals surface area contributed by atoms with Crippen molar-refractivity contribution in [3.63, 3.8) is 0 Å². The number of carbonyl (C=O) groups is 3. The highest BCUT2D eigenvalue weighted by Crippen LogP contribution is 2.36. The smallest absolute Gasteiger partial charge is 0.305 e. The van der Waals surface area contributed by atoms with E-state index in [1.807, 2.05) is 13.8 Å². The van der Waals surface area contributed by atoms with Crippen LogP contribution in [-0.4, -0.2) is 45.2 Å². The van der Waals surface area contributed by atoms with Gasteiger partial charge in [-0.25, -0.2) is 0 Å². The summed E-state index contributed by atoms with van der Waals surface area (Å²) < 4.78 is 5.27. The van der Waals surface area contributed by atoms with Gasteiger partial charge in [-0.05, 0) is 18.3 Å². The van der Waals surface area contributed by atoms with Crippen molar-refractivity contribution in [2.45, 2.75) is 65.2 Å². The molecular weight excluding hydrogens is 376 g/mol. The van der Waals surface area contributed by atoms with Crippen LogP contribution in [0.4, 0.5) is 0 Å². The molecule has 0 spiro atoms. The average Bonchev–Trinajstić information content (AvgIpc) is 3.02. The summed E-state index contributed by atoms with van der Waals surface area (Å²) in [4.78, 5) is 40.0. The number of aliphatic carboxylic acids is 1. The Balaban J connectivity index is 1.82. The van der Waals surface area contributed by atoms with Crippen LogP contribution in [-0.2, 0) is 22.4 Å². The van der Waals surface area contributed by atoms with Crippen LogP contribution in [0.15, 0.2) is 20.8 Å². The van der Waals surface area contributed by atoms with E-state index >= 15 is 0 Å². The number of nitrogens with zero attached hydrogens (tertiary/aromatic N) is 2. The van der Waals surface area contributed by atoms with E-state index in [9.17, 15) is 19.5 Å². The van der Waals surface area contributed by atoms with E-state index in [4.69, 9.17) is 9.63 Å². The first-order valence-corrected chi connectivity index (χ1v) is 9.89. The zero-order valence-corrected chi connectivity index (χ0v) is 16.8. The molecule has 2 aliphatic rings. The highest BCUT2D eigenvalue weighted by Gasteiger charge is 2.36. The molecule has 8 heteroatoms. The number of ketones is 2. The topological polar surface area (TPSA) is 130 Å². The monoisotopic (exact) mass is 402 g/mol. The molecule has 1 aromatic rings. The van der Waals surface area contributed by atoms with E-state index < -0.39 is 5.97 Å². The van der Waals surface area contributed by atoms with Gasteiger partial charge in [-0.15, -0.1) is 0 Å². The van der Waals surface area contributed by atoms with Crippen molar-refractivity contribution in [3.05, 3.63) is 28.3 Å². The summed E-state index contributed by atoms with van der Waals surface area (Å²) in [5, 5.41) is 23.5. The van der Waals surface area contributed by atoms with Gasteiger partial charge in [-0.2, -0.15) is 0 Å². The van der Waals surface area contributed by atoms with Gasteiger partial charge < -0.3 is 14.7 Å².